The molecule has 1 N–H and O–H groups in total. The Morgan fingerprint density at radius 2 is 1.73 bits per heavy atom. The molecule has 0 saturated carbocycles. The zero-order chi connectivity index (χ0) is 19.3. The van der Waals surface area contributed by atoms with Crippen molar-refractivity contribution in [1.29, 1.82) is 0 Å². The van der Waals surface area contributed by atoms with E-state index in [4.69, 9.17) is 11.6 Å². The van der Waals surface area contributed by atoms with E-state index in [9.17, 15) is 13.2 Å². The summed E-state index contributed by atoms with van der Waals surface area (Å²) in [6.07, 6.45) is 1.09. The van der Waals surface area contributed by atoms with Crippen LogP contribution in [0.5, 0.6) is 0 Å². The average molecular weight is 460 g/mol. The van der Waals surface area contributed by atoms with Crippen molar-refractivity contribution in [2.75, 3.05) is 12.8 Å². The summed E-state index contributed by atoms with van der Waals surface area (Å²) >= 11 is 9.22. The van der Waals surface area contributed by atoms with Crippen LogP contribution in [0.2, 0.25) is 5.02 Å². The molecule has 0 unspecified atom stereocenters. The fourth-order valence-electron chi connectivity index (χ4n) is 2.37. The maximum Gasteiger partial charge on any atom is 0.235 e. The van der Waals surface area contributed by atoms with Crippen LogP contribution < -0.4 is 5.32 Å². The minimum atomic E-state index is -3.54. The molecule has 1 amide bonds. The largest absolute Gasteiger partial charge is 0.348 e. The van der Waals surface area contributed by atoms with Crippen molar-refractivity contribution in [3.63, 3.8) is 0 Å². The summed E-state index contributed by atoms with van der Waals surface area (Å²) in [4.78, 5) is 12.3. The van der Waals surface area contributed by atoms with Crippen LogP contribution in [0, 0.1) is 0 Å². The second kappa shape index (κ2) is 8.99. The summed E-state index contributed by atoms with van der Waals surface area (Å²) < 4.78 is 26.2. The van der Waals surface area contributed by atoms with Gasteiger partial charge in [0.25, 0.3) is 0 Å². The first kappa shape index (κ1) is 20.9. The van der Waals surface area contributed by atoms with E-state index < -0.39 is 10.0 Å². The Morgan fingerprint density at radius 3 is 2.27 bits per heavy atom. The predicted molar refractivity (Wildman–Crippen MR) is 107 cm³/mol. The number of amides is 1. The van der Waals surface area contributed by atoms with E-state index in [0.29, 0.717) is 5.02 Å². The molecular weight excluding hydrogens is 440 g/mol. The normalized spacial score (nSPS) is 12.8. The van der Waals surface area contributed by atoms with E-state index in [0.717, 1.165) is 26.2 Å². The Kier molecular flexibility index (Phi) is 7.23. The van der Waals surface area contributed by atoms with Gasteiger partial charge in [0, 0.05) is 16.0 Å². The number of hydrogen-bond donors (Lipinski definition) is 1. The first-order valence-electron chi connectivity index (χ1n) is 7.89. The molecule has 0 bridgehead atoms. The molecule has 140 valence electrons. The molecule has 1 atom stereocenters. The van der Waals surface area contributed by atoms with Crippen LogP contribution in [0.3, 0.4) is 0 Å². The highest BCUT2D eigenvalue weighted by atomic mass is 79.9. The van der Waals surface area contributed by atoms with Gasteiger partial charge in [0.05, 0.1) is 18.8 Å². The molecule has 0 aliphatic rings. The van der Waals surface area contributed by atoms with Crippen molar-refractivity contribution in [2.24, 2.45) is 0 Å². The fourth-order valence-corrected chi connectivity index (χ4v) is 3.49. The standard InChI is InChI=1S/C18H20BrClN2O3S/c1-13(15-5-7-16(19)8-6-15)21-18(23)12-22(26(2,24)25)11-14-3-9-17(20)10-4-14/h3-10,13H,11-12H2,1-2H3,(H,21,23)/t13-/m1/s1. The minimum absolute atomic E-state index is 0.107. The van der Waals surface area contributed by atoms with Crippen molar-refractivity contribution in [1.82, 2.24) is 9.62 Å². The van der Waals surface area contributed by atoms with Crippen molar-refractivity contribution in [2.45, 2.75) is 19.5 Å². The molecule has 2 rings (SSSR count). The second-order valence-corrected chi connectivity index (χ2v) is 9.33. The van der Waals surface area contributed by atoms with Gasteiger partial charge in [0.1, 0.15) is 0 Å². The van der Waals surface area contributed by atoms with Gasteiger partial charge in [-0.05, 0) is 42.3 Å². The third-order valence-electron chi connectivity index (χ3n) is 3.81. The summed E-state index contributed by atoms with van der Waals surface area (Å²) in [6, 6.07) is 14.2. The molecular formula is C18H20BrClN2O3S. The summed E-state index contributed by atoms with van der Waals surface area (Å²) in [7, 11) is -3.54. The van der Waals surface area contributed by atoms with E-state index in [1.807, 2.05) is 31.2 Å². The number of hydrogen-bond acceptors (Lipinski definition) is 3. The smallest absolute Gasteiger partial charge is 0.235 e. The molecule has 26 heavy (non-hydrogen) atoms. The minimum Gasteiger partial charge on any atom is -0.348 e. The van der Waals surface area contributed by atoms with Crippen molar-refractivity contribution < 1.29 is 13.2 Å². The fraction of sp³-hybridized carbons (Fsp3) is 0.278. The Hall–Kier alpha value is -1.41. The van der Waals surface area contributed by atoms with Crippen LogP contribution in [0.4, 0.5) is 0 Å². The highest BCUT2D eigenvalue weighted by Gasteiger charge is 2.21. The molecule has 5 nitrogen and oxygen atoms in total. The Bertz CT molecular complexity index is 855. The Labute approximate surface area is 167 Å². The lowest BCUT2D eigenvalue weighted by Crippen LogP contribution is -2.40. The van der Waals surface area contributed by atoms with Crippen LogP contribution in [0.25, 0.3) is 0 Å². The van der Waals surface area contributed by atoms with E-state index in [-0.39, 0.29) is 25.0 Å². The highest BCUT2D eigenvalue weighted by molar-refractivity contribution is 9.10. The van der Waals surface area contributed by atoms with Crippen LogP contribution in [0.1, 0.15) is 24.1 Å². The highest BCUT2D eigenvalue weighted by Crippen LogP contribution is 2.17. The monoisotopic (exact) mass is 458 g/mol. The van der Waals surface area contributed by atoms with Gasteiger partial charge in [-0.1, -0.05) is 51.8 Å². The third kappa shape index (κ3) is 6.39. The first-order valence-corrected chi connectivity index (χ1v) is 10.9. The summed E-state index contributed by atoms with van der Waals surface area (Å²) in [5.74, 6) is -0.361. The first-order chi connectivity index (χ1) is 12.1. The van der Waals surface area contributed by atoms with Gasteiger partial charge in [-0.3, -0.25) is 4.79 Å². The van der Waals surface area contributed by atoms with Gasteiger partial charge >= 0.3 is 0 Å². The van der Waals surface area contributed by atoms with E-state index >= 15 is 0 Å². The number of benzene rings is 2. The van der Waals surface area contributed by atoms with Crippen LogP contribution in [0.15, 0.2) is 53.0 Å². The summed E-state index contributed by atoms with van der Waals surface area (Å²) in [6.45, 7) is 1.71. The van der Waals surface area contributed by atoms with Crippen LogP contribution in [-0.2, 0) is 21.4 Å². The molecule has 8 heteroatoms. The van der Waals surface area contributed by atoms with Crippen LogP contribution >= 0.6 is 27.5 Å². The van der Waals surface area contributed by atoms with E-state index in [1.165, 1.54) is 0 Å². The Balaban J connectivity index is 2.04. The summed E-state index contributed by atoms with van der Waals surface area (Å²) in [5.41, 5.74) is 1.69. The van der Waals surface area contributed by atoms with Crippen molar-refractivity contribution >= 4 is 43.5 Å². The SMILES string of the molecule is C[C@@H](NC(=O)CN(Cc1ccc(Cl)cc1)S(C)(=O)=O)c1ccc(Br)cc1. The van der Waals surface area contributed by atoms with Gasteiger partial charge in [-0.15, -0.1) is 0 Å². The molecule has 0 fully saturated rings. The molecule has 0 aromatic heterocycles. The van der Waals surface area contributed by atoms with Gasteiger partial charge < -0.3 is 5.32 Å². The maximum absolute atomic E-state index is 12.3. The number of carbonyl (C=O) groups excluding carboxylic acids is 1. The number of sulfonamides is 1. The molecule has 0 aliphatic carbocycles. The number of carbonyl (C=O) groups is 1. The van der Waals surface area contributed by atoms with Crippen molar-refractivity contribution in [3.05, 3.63) is 69.2 Å². The van der Waals surface area contributed by atoms with E-state index in [1.54, 1.807) is 24.3 Å². The predicted octanol–water partition coefficient (Wildman–Crippen LogP) is 3.74. The number of rotatable bonds is 7. The molecule has 2 aromatic carbocycles. The molecule has 2 aromatic rings. The lowest BCUT2D eigenvalue weighted by Gasteiger charge is -2.21. The molecule has 0 spiro atoms. The number of halogens is 2. The number of nitrogens with zero attached hydrogens (tertiary/aromatic N) is 1. The zero-order valence-corrected chi connectivity index (χ0v) is 17.6. The summed E-state index contributed by atoms with van der Waals surface area (Å²) in [5, 5.41) is 3.40. The molecule has 0 radical (unpaired) electrons. The van der Waals surface area contributed by atoms with Gasteiger partial charge in [-0.25, -0.2) is 8.42 Å². The van der Waals surface area contributed by atoms with Crippen LogP contribution in [-0.4, -0.2) is 31.4 Å². The number of nitrogens with one attached hydrogen (secondary N) is 1. The Morgan fingerprint density at radius 1 is 1.15 bits per heavy atom. The lowest BCUT2D eigenvalue weighted by molar-refractivity contribution is -0.122. The lowest BCUT2D eigenvalue weighted by atomic mass is 10.1. The second-order valence-electron chi connectivity index (χ2n) is 6.00. The molecule has 0 saturated heterocycles. The van der Waals surface area contributed by atoms with E-state index in [2.05, 4.69) is 21.2 Å². The van der Waals surface area contributed by atoms with Gasteiger partial charge in [0.2, 0.25) is 15.9 Å². The topological polar surface area (TPSA) is 66.5 Å². The van der Waals surface area contributed by atoms with Gasteiger partial charge in [-0.2, -0.15) is 4.31 Å². The average Bonchev–Trinajstić information content (AvgIpc) is 2.56. The quantitative estimate of drug-likeness (QED) is 0.686. The maximum atomic E-state index is 12.3. The molecule has 0 aliphatic heterocycles. The molecule has 0 heterocycles. The van der Waals surface area contributed by atoms with Crippen molar-refractivity contribution in [3.8, 4) is 0 Å². The van der Waals surface area contributed by atoms with Gasteiger partial charge in [0.15, 0.2) is 0 Å². The zero-order valence-electron chi connectivity index (χ0n) is 14.4. The third-order valence-corrected chi connectivity index (χ3v) is 5.79.